The van der Waals surface area contributed by atoms with E-state index in [0.717, 1.165) is 17.2 Å². The second-order valence-electron chi connectivity index (χ2n) is 5.62. The molecule has 0 aliphatic heterocycles. The van der Waals surface area contributed by atoms with Crippen molar-refractivity contribution in [1.82, 2.24) is 9.55 Å². The first-order valence-corrected chi connectivity index (χ1v) is 8.06. The average Bonchev–Trinajstić information content (AvgIpc) is 2.33. The minimum atomic E-state index is -0.193. The minimum absolute atomic E-state index is 0. The summed E-state index contributed by atoms with van der Waals surface area (Å²) in [5, 5.41) is 0. The number of allylic oxidation sites excluding steroid dienone is 3. The summed E-state index contributed by atoms with van der Waals surface area (Å²) in [4.78, 5) is 17.2. The van der Waals surface area contributed by atoms with Gasteiger partial charge in [0.2, 0.25) is 0 Å². The van der Waals surface area contributed by atoms with E-state index >= 15 is 0 Å². The maximum Gasteiger partial charge on any atom is 0 e. The molecule has 0 unspecified atom stereocenters. The Morgan fingerprint density at radius 3 is 2.48 bits per heavy atom. The summed E-state index contributed by atoms with van der Waals surface area (Å²) in [6.07, 6.45) is 3.79. The monoisotopic (exact) mass is 529 g/mol. The van der Waals surface area contributed by atoms with Crippen molar-refractivity contribution >= 4 is 10.1 Å². The molecular weight excluding hydrogens is 509 g/mol. The van der Waals surface area contributed by atoms with Crippen molar-refractivity contribution in [3.63, 3.8) is 0 Å². The molecule has 21 heavy (non-hydrogen) atoms. The zero-order valence-corrected chi connectivity index (χ0v) is 18.8. The molecule has 1 heterocycles. The third-order valence-electron chi connectivity index (χ3n) is 2.90. The topological polar surface area (TPSA) is 34.9 Å². The second-order valence-corrected chi connectivity index (χ2v) is 6.47. The van der Waals surface area contributed by atoms with E-state index in [1.807, 2.05) is 25.2 Å². The van der Waals surface area contributed by atoms with E-state index in [-0.39, 0.29) is 43.7 Å². The van der Waals surface area contributed by atoms with Crippen LogP contribution in [0.5, 0.6) is 0 Å². The number of hydrogen-bond acceptors (Lipinski definition) is 2. The molecule has 0 amide bonds. The first kappa shape index (κ1) is 21.0. The SMILES string of the molecule is [CH-]=C/C=C(\[CH]=[W])n1c(CC([CH2-])(C)C)nc(C)c(C)c1=O.[Y]. The minimum Gasteiger partial charge on any atom is 0 e. The molecule has 0 aromatic carbocycles. The molecule has 1 aromatic rings. The Kier molecular flexibility index (Phi) is 8.61. The summed E-state index contributed by atoms with van der Waals surface area (Å²) in [6.45, 7) is 17.3. The molecule has 0 spiro atoms. The fraction of sp³-hybridized carbons (Fsp3) is 0.375. The largest absolute Gasteiger partial charge is 0 e. The van der Waals surface area contributed by atoms with Crippen molar-refractivity contribution in [2.45, 2.75) is 34.1 Å². The van der Waals surface area contributed by atoms with Crippen LogP contribution in [0.25, 0.3) is 5.70 Å². The Morgan fingerprint density at radius 1 is 1.48 bits per heavy atom. The Labute approximate surface area is 163 Å². The molecule has 0 atom stereocenters. The molecule has 1 radical (unpaired) electrons. The number of rotatable bonds is 5. The van der Waals surface area contributed by atoms with Gasteiger partial charge in [-0.15, -0.1) is 0 Å². The standard InChI is InChI=1S/C16H20N2O.W.Y/c1-8-9-11(2)18-14(10-16(5,6)7)17-13(4)12(3)15(18)19;;/h1-2,8-9H,5,10H2,3-4,6-7H3;;/q-2;;/b11-9+;;. The normalized spacial score (nSPS) is 11.8. The van der Waals surface area contributed by atoms with Crippen LogP contribution >= 0.6 is 0 Å². The van der Waals surface area contributed by atoms with Crippen molar-refractivity contribution in [1.29, 1.82) is 0 Å². The fourth-order valence-corrected chi connectivity index (χ4v) is 2.51. The van der Waals surface area contributed by atoms with Gasteiger partial charge in [-0.1, -0.05) is 0 Å². The third kappa shape index (κ3) is 5.62. The molecule has 1 rings (SSSR count). The van der Waals surface area contributed by atoms with Gasteiger partial charge in [-0.25, -0.2) is 0 Å². The second kappa shape index (κ2) is 8.60. The molecule has 1 aromatic heterocycles. The zero-order chi connectivity index (χ0) is 15.5. The van der Waals surface area contributed by atoms with Crippen molar-refractivity contribution in [2.24, 2.45) is 5.41 Å². The molecule has 3 nitrogen and oxygen atoms in total. The van der Waals surface area contributed by atoms with Crippen LogP contribution in [0.2, 0.25) is 0 Å². The quantitative estimate of drug-likeness (QED) is 0.435. The van der Waals surface area contributed by atoms with Gasteiger partial charge in [0.1, 0.15) is 0 Å². The Balaban J connectivity index is 0.00000400. The summed E-state index contributed by atoms with van der Waals surface area (Å²) in [5.41, 5.74) is 1.96. The molecule has 0 aliphatic carbocycles. The van der Waals surface area contributed by atoms with Gasteiger partial charge in [0, 0.05) is 32.7 Å². The summed E-state index contributed by atoms with van der Waals surface area (Å²) in [6, 6.07) is 0. The van der Waals surface area contributed by atoms with Gasteiger partial charge >= 0.3 is 132 Å². The van der Waals surface area contributed by atoms with Gasteiger partial charge in [0.25, 0.3) is 0 Å². The van der Waals surface area contributed by atoms with E-state index in [9.17, 15) is 4.79 Å². The molecular formula is C16H20N2OWY-2. The van der Waals surface area contributed by atoms with Gasteiger partial charge in [-0.2, -0.15) is 0 Å². The van der Waals surface area contributed by atoms with Gasteiger partial charge in [0.15, 0.2) is 0 Å². The zero-order valence-electron chi connectivity index (χ0n) is 13.0. The first-order valence-electron chi connectivity index (χ1n) is 6.36. The summed E-state index contributed by atoms with van der Waals surface area (Å²) in [7, 11) is 0. The van der Waals surface area contributed by atoms with E-state index in [2.05, 4.69) is 11.9 Å². The average molecular weight is 529 g/mol. The van der Waals surface area contributed by atoms with E-state index in [1.165, 1.54) is 25.4 Å². The van der Waals surface area contributed by atoms with Gasteiger partial charge in [-0.3, -0.25) is 0 Å². The summed E-state index contributed by atoms with van der Waals surface area (Å²) < 4.78 is 3.58. The van der Waals surface area contributed by atoms with E-state index < -0.39 is 0 Å². The van der Waals surface area contributed by atoms with Crippen molar-refractivity contribution in [3.05, 3.63) is 53.1 Å². The van der Waals surface area contributed by atoms with Crippen molar-refractivity contribution in [3.8, 4) is 0 Å². The van der Waals surface area contributed by atoms with E-state index in [4.69, 9.17) is 6.58 Å². The molecule has 0 aliphatic rings. The van der Waals surface area contributed by atoms with Crippen LogP contribution in [0.15, 0.2) is 16.9 Å². The molecule has 5 heteroatoms. The molecule has 0 saturated carbocycles. The Bertz CT molecular complexity index is 624. The van der Waals surface area contributed by atoms with Gasteiger partial charge in [0.05, 0.1) is 0 Å². The predicted octanol–water partition coefficient (Wildman–Crippen LogP) is 2.44. The van der Waals surface area contributed by atoms with Gasteiger partial charge in [-0.05, 0) is 0 Å². The fourth-order valence-electron chi connectivity index (χ4n) is 1.85. The Hall–Kier alpha value is 0.0222. The smallest absolute Gasteiger partial charge is 0 e. The van der Waals surface area contributed by atoms with Crippen LogP contribution in [-0.2, 0) is 58.5 Å². The van der Waals surface area contributed by atoms with Crippen LogP contribution in [0.3, 0.4) is 0 Å². The Morgan fingerprint density at radius 2 is 2.05 bits per heavy atom. The third-order valence-corrected chi connectivity index (χ3v) is 3.77. The molecule has 0 N–H and O–H groups in total. The van der Waals surface area contributed by atoms with Gasteiger partial charge < -0.3 is 0 Å². The summed E-state index contributed by atoms with van der Waals surface area (Å²) >= 11 is 1.25. The van der Waals surface area contributed by atoms with Crippen LogP contribution in [0, 0.1) is 32.8 Å². The van der Waals surface area contributed by atoms with Crippen LogP contribution in [0.4, 0.5) is 0 Å². The van der Waals surface area contributed by atoms with E-state index in [1.54, 1.807) is 17.6 Å². The number of nitrogens with zero attached hydrogens (tertiary/aromatic N) is 2. The van der Waals surface area contributed by atoms with Crippen LogP contribution in [0.1, 0.15) is 30.9 Å². The van der Waals surface area contributed by atoms with Crippen LogP contribution < -0.4 is 5.56 Å². The first-order chi connectivity index (χ1) is 9.21. The predicted molar refractivity (Wildman–Crippen MR) is 80.0 cm³/mol. The number of aryl methyl sites for hydroxylation is 1. The molecule has 111 valence electrons. The molecule has 0 saturated heterocycles. The maximum absolute atomic E-state index is 12.6. The summed E-state index contributed by atoms with van der Waals surface area (Å²) in [5.74, 6) is 0.726. The molecule has 0 fully saturated rings. The number of aromatic nitrogens is 2. The van der Waals surface area contributed by atoms with Crippen molar-refractivity contribution in [2.75, 3.05) is 0 Å². The van der Waals surface area contributed by atoms with Crippen molar-refractivity contribution < 1.29 is 52.1 Å². The molecule has 0 bridgehead atoms. The number of hydrogen-bond donors (Lipinski definition) is 0. The van der Waals surface area contributed by atoms with Crippen LogP contribution in [-0.4, -0.2) is 14.0 Å². The van der Waals surface area contributed by atoms with E-state index in [0.29, 0.717) is 12.0 Å². The maximum atomic E-state index is 12.6.